The number of amides is 1. The molecule has 7 heteroatoms. The highest BCUT2D eigenvalue weighted by Crippen LogP contribution is 2.35. The number of carbonyl (C=O) groups is 1. The second-order valence-corrected chi connectivity index (χ2v) is 6.09. The molecule has 1 heterocycles. The van der Waals surface area contributed by atoms with Crippen molar-refractivity contribution in [2.24, 2.45) is 0 Å². The van der Waals surface area contributed by atoms with E-state index in [0.29, 0.717) is 21.6 Å². The minimum Gasteiger partial charge on any atom is -0.367 e. The maximum absolute atomic E-state index is 12.3. The highest BCUT2D eigenvalue weighted by molar-refractivity contribution is 7.85. The number of aliphatic hydroxyl groups excluding tert-OH is 1. The number of hydroxylamine groups is 2. The van der Waals surface area contributed by atoms with Crippen LogP contribution in [-0.4, -0.2) is 30.8 Å². The van der Waals surface area contributed by atoms with Crippen LogP contribution in [0.1, 0.15) is 22.1 Å². The van der Waals surface area contributed by atoms with Crippen LogP contribution in [0.25, 0.3) is 10.8 Å². The maximum atomic E-state index is 12.3. The Morgan fingerprint density at radius 3 is 2.50 bits per heavy atom. The van der Waals surface area contributed by atoms with Crippen LogP contribution < -0.4 is 0 Å². The molecule has 0 aromatic heterocycles. The van der Waals surface area contributed by atoms with Crippen LogP contribution in [0, 0.1) is 0 Å². The van der Waals surface area contributed by atoms with Crippen molar-refractivity contribution in [3.63, 3.8) is 0 Å². The predicted octanol–water partition coefficient (Wildman–Crippen LogP) is 1.18. The zero-order chi connectivity index (χ0) is 14.5. The summed E-state index contributed by atoms with van der Waals surface area (Å²) in [6.07, 6.45) is -0.649. The molecule has 0 bridgehead atoms. The van der Waals surface area contributed by atoms with E-state index in [9.17, 15) is 18.3 Å². The summed E-state index contributed by atoms with van der Waals surface area (Å²) < 4.78 is 27.0. The monoisotopic (exact) mass is 293 g/mol. The highest BCUT2D eigenvalue weighted by atomic mass is 32.2. The Hall–Kier alpha value is -1.96. The quantitative estimate of drug-likeness (QED) is 0.898. The minimum atomic E-state index is -3.92. The fourth-order valence-electron chi connectivity index (χ4n) is 2.34. The van der Waals surface area contributed by atoms with E-state index in [1.54, 1.807) is 24.3 Å². The van der Waals surface area contributed by atoms with E-state index in [1.165, 1.54) is 0 Å². The molecule has 0 fully saturated rings. The summed E-state index contributed by atoms with van der Waals surface area (Å²) in [5, 5.41) is 12.1. The summed E-state index contributed by atoms with van der Waals surface area (Å²) in [4.78, 5) is 12.3. The summed E-state index contributed by atoms with van der Waals surface area (Å²) in [6, 6.07) is 10.2. The standard InChI is InChI=1S/C13H11NO5S/c1-20(17,18)19-14-12(15)9-6-2-4-8-5-3-7-10(11(8)9)13(14)16/h2-7,12,15H,1H3. The van der Waals surface area contributed by atoms with Crippen LogP contribution in [0.3, 0.4) is 0 Å². The SMILES string of the molecule is CS(=O)(=O)ON1C(=O)c2cccc3cccc(c23)C1O. The van der Waals surface area contributed by atoms with Crippen LogP contribution in [-0.2, 0) is 14.4 Å². The first-order valence-electron chi connectivity index (χ1n) is 5.81. The molecule has 1 unspecified atom stereocenters. The molecule has 0 spiro atoms. The van der Waals surface area contributed by atoms with E-state index >= 15 is 0 Å². The van der Waals surface area contributed by atoms with Crippen molar-refractivity contribution in [2.45, 2.75) is 6.23 Å². The molecule has 0 aliphatic carbocycles. The van der Waals surface area contributed by atoms with E-state index in [2.05, 4.69) is 4.28 Å². The van der Waals surface area contributed by atoms with E-state index in [0.717, 1.165) is 11.6 Å². The number of rotatable bonds is 2. The molecule has 20 heavy (non-hydrogen) atoms. The van der Waals surface area contributed by atoms with Gasteiger partial charge in [0.25, 0.3) is 16.0 Å². The van der Waals surface area contributed by atoms with Gasteiger partial charge < -0.3 is 5.11 Å². The first-order valence-corrected chi connectivity index (χ1v) is 7.63. The fraction of sp³-hybridized carbons (Fsp3) is 0.154. The van der Waals surface area contributed by atoms with Crippen molar-refractivity contribution in [1.29, 1.82) is 0 Å². The molecule has 1 aliphatic rings. The first-order chi connectivity index (χ1) is 9.38. The second-order valence-electron chi connectivity index (χ2n) is 4.53. The highest BCUT2D eigenvalue weighted by Gasteiger charge is 2.35. The second kappa shape index (κ2) is 4.27. The Labute approximate surface area is 115 Å². The van der Waals surface area contributed by atoms with Crippen molar-refractivity contribution >= 4 is 26.8 Å². The van der Waals surface area contributed by atoms with Gasteiger partial charge in [0.05, 0.1) is 11.8 Å². The maximum Gasteiger partial charge on any atom is 0.285 e. The zero-order valence-electron chi connectivity index (χ0n) is 10.5. The lowest BCUT2D eigenvalue weighted by Gasteiger charge is -2.31. The van der Waals surface area contributed by atoms with Gasteiger partial charge in [-0.3, -0.25) is 4.79 Å². The Kier molecular flexibility index (Phi) is 2.79. The van der Waals surface area contributed by atoms with Gasteiger partial charge in [-0.2, -0.15) is 13.5 Å². The lowest BCUT2D eigenvalue weighted by atomic mass is 9.94. The van der Waals surface area contributed by atoms with Crippen molar-refractivity contribution < 1.29 is 22.6 Å². The molecule has 2 aromatic rings. The van der Waals surface area contributed by atoms with Gasteiger partial charge in [0.2, 0.25) is 0 Å². The van der Waals surface area contributed by atoms with Gasteiger partial charge in [-0.25, -0.2) is 0 Å². The smallest absolute Gasteiger partial charge is 0.285 e. The number of benzene rings is 2. The van der Waals surface area contributed by atoms with Gasteiger partial charge in [0.1, 0.15) is 0 Å². The van der Waals surface area contributed by atoms with Crippen molar-refractivity contribution in [3.05, 3.63) is 47.5 Å². The van der Waals surface area contributed by atoms with Crippen LogP contribution >= 0.6 is 0 Å². The molecular formula is C13H11NO5S. The summed E-state index contributed by atoms with van der Waals surface area (Å²) in [5.41, 5.74) is 0.730. The van der Waals surface area contributed by atoms with Gasteiger partial charge in [0.15, 0.2) is 6.23 Å². The minimum absolute atomic E-state index is 0.298. The Bertz CT molecular complexity index is 809. The third-order valence-corrected chi connectivity index (χ3v) is 3.51. The average Bonchev–Trinajstić information content (AvgIpc) is 2.39. The Balaban J connectivity index is 2.24. The lowest BCUT2D eigenvalue weighted by molar-refractivity contribution is -0.135. The number of hydrogen-bond donors (Lipinski definition) is 1. The molecule has 0 saturated heterocycles. The van der Waals surface area contributed by atoms with E-state index in [1.807, 2.05) is 12.1 Å². The first kappa shape index (κ1) is 13.0. The van der Waals surface area contributed by atoms with E-state index in [4.69, 9.17) is 0 Å². The molecule has 1 atom stereocenters. The topological polar surface area (TPSA) is 83.9 Å². The number of hydrogen-bond acceptors (Lipinski definition) is 5. The van der Waals surface area contributed by atoms with E-state index < -0.39 is 22.3 Å². The third kappa shape index (κ3) is 1.96. The number of aliphatic hydroxyl groups is 1. The van der Waals surface area contributed by atoms with Gasteiger partial charge in [-0.15, -0.1) is 4.28 Å². The molecule has 3 rings (SSSR count). The van der Waals surface area contributed by atoms with Gasteiger partial charge >= 0.3 is 0 Å². The molecule has 2 aromatic carbocycles. The molecule has 0 radical (unpaired) electrons. The van der Waals surface area contributed by atoms with E-state index in [-0.39, 0.29) is 0 Å². The van der Waals surface area contributed by atoms with Crippen LogP contribution in [0.4, 0.5) is 0 Å². The molecule has 1 N–H and O–H groups in total. The van der Waals surface area contributed by atoms with Crippen molar-refractivity contribution in [2.75, 3.05) is 6.26 Å². The summed E-state index contributed by atoms with van der Waals surface area (Å²) in [6.45, 7) is 0. The molecule has 1 amide bonds. The van der Waals surface area contributed by atoms with Gasteiger partial charge in [-0.1, -0.05) is 30.3 Å². The number of carbonyl (C=O) groups excluding carboxylic acids is 1. The zero-order valence-corrected chi connectivity index (χ0v) is 11.3. The number of nitrogens with zero attached hydrogens (tertiary/aromatic N) is 1. The summed E-state index contributed by atoms with van der Waals surface area (Å²) in [5.74, 6) is -0.688. The van der Waals surface area contributed by atoms with Crippen molar-refractivity contribution in [1.82, 2.24) is 5.06 Å². The Morgan fingerprint density at radius 1 is 1.20 bits per heavy atom. The van der Waals surface area contributed by atoms with Gasteiger partial charge in [0, 0.05) is 10.9 Å². The van der Waals surface area contributed by atoms with Crippen LogP contribution in [0.5, 0.6) is 0 Å². The molecule has 6 nitrogen and oxygen atoms in total. The average molecular weight is 293 g/mol. The predicted molar refractivity (Wildman–Crippen MR) is 71.0 cm³/mol. The molecule has 1 aliphatic heterocycles. The normalized spacial score (nSPS) is 18.6. The summed E-state index contributed by atoms with van der Waals surface area (Å²) >= 11 is 0. The van der Waals surface area contributed by atoms with Crippen LogP contribution in [0.2, 0.25) is 0 Å². The fourth-order valence-corrected chi connectivity index (χ4v) is 2.78. The molecular weight excluding hydrogens is 282 g/mol. The Morgan fingerprint density at radius 2 is 1.85 bits per heavy atom. The molecule has 104 valence electrons. The lowest BCUT2D eigenvalue weighted by Crippen LogP contribution is -2.39. The third-order valence-electron chi connectivity index (χ3n) is 3.08. The summed E-state index contributed by atoms with van der Waals surface area (Å²) in [7, 11) is -3.92. The largest absolute Gasteiger partial charge is 0.367 e. The van der Waals surface area contributed by atoms with Crippen molar-refractivity contribution in [3.8, 4) is 0 Å². The van der Waals surface area contributed by atoms with Crippen LogP contribution in [0.15, 0.2) is 36.4 Å². The van der Waals surface area contributed by atoms with Gasteiger partial charge in [-0.05, 0) is 11.5 Å². The molecule has 0 saturated carbocycles.